The second-order valence-corrected chi connectivity index (χ2v) is 12.1. The van der Waals surface area contributed by atoms with E-state index in [0.717, 1.165) is 30.5 Å². The Hall–Kier alpha value is -4.35. The number of carbonyl (C=O) groups is 2. The molecule has 2 aromatic carbocycles. The normalized spacial score (nSPS) is 15.4. The van der Waals surface area contributed by atoms with Gasteiger partial charge in [0.15, 0.2) is 0 Å². The number of aromatic nitrogens is 2. The van der Waals surface area contributed by atoms with Crippen molar-refractivity contribution < 1.29 is 37.0 Å². The number of likely N-dealkylation sites (tertiary alicyclic amines) is 1. The average Bonchev–Trinajstić information content (AvgIpc) is 2.99. The number of alkyl halides is 3. The monoisotopic (exact) mass is 628 g/mol. The van der Waals surface area contributed by atoms with Gasteiger partial charge in [0.25, 0.3) is 0 Å². The number of nitrogens with zero attached hydrogens (tertiary/aromatic N) is 3. The highest BCUT2D eigenvalue weighted by molar-refractivity contribution is 5.72. The van der Waals surface area contributed by atoms with Gasteiger partial charge in [-0.05, 0) is 87.8 Å². The van der Waals surface area contributed by atoms with E-state index >= 15 is 0 Å². The van der Waals surface area contributed by atoms with Gasteiger partial charge in [0.1, 0.15) is 18.0 Å². The van der Waals surface area contributed by atoms with Gasteiger partial charge >= 0.3 is 18.4 Å². The summed E-state index contributed by atoms with van der Waals surface area (Å²) in [4.78, 5) is 27.1. The fourth-order valence-electron chi connectivity index (χ4n) is 5.25. The van der Waals surface area contributed by atoms with Crippen LogP contribution < -0.4 is 10.1 Å². The van der Waals surface area contributed by atoms with Crippen LogP contribution in [0.25, 0.3) is 11.3 Å². The van der Waals surface area contributed by atoms with Crippen molar-refractivity contribution in [2.75, 3.05) is 20.2 Å². The van der Waals surface area contributed by atoms with Crippen LogP contribution in [0, 0.1) is 12.8 Å². The summed E-state index contributed by atoms with van der Waals surface area (Å²) in [7, 11) is 1.29. The summed E-state index contributed by atoms with van der Waals surface area (Å²) in [5, 5.41) is 11.7. The average molecular weight is 629 g/mol. The molecule has 0 saturated carbocycles. The van der Waals surface area contributed by atoms with Crippen molar-refractivity contribution >= 4 is 12.2 Å². The third-order valence-corrected chi connectivity index (χ3v) is 7.49. The van der Waals surface area contributed by atoms with Crippen LogP contribution in [-0.2, 0) is 35.2 Å². The molecule has 3 aromatic rings. The molecule has 9 nitrogen and oxygen atoms in total. The molecule has 1 atom stereocenters. The molecule has 0 radical (unpaired) electrons. The molecular weight excluding hydrogens is 589 g/mol. The Morgan fingerprint density at radius 2 is 1.80 bits per heavy atom. The summed E-state index contributed by atoms with van der Waals surface area (Å²) in [6.07, 6.45) is -3.45. The van der Waals surface area contributed by atoms with E-state index in [9.17, 15) is 22.8 Å². The first kappa shape index (κ1) is 33.5. The van der Waals surface area contributed by atoms with Crippen molar-refractivity contribution in [3.8, 4) is 17.0 Å². The zero-order valence-electron chi connectivity index (χ0n) is 26.2. The van der Waals surface area contributed by atoms with Gasteiger partial charge in [-0.25, -0.2) is 9.59 Å². The van der Waals surface area contributed by atoms with E-state index in [4.69, 9.17) is 14.2 Å². The quantitative estimate of drug-likeness (QED) is 0.284. The standard InChI is InChI=1S/C33H39F3N4O5/c1-21-26(18-37-30(41)44-20-22-10-7-6-8-11-22)27(16-23-12-9-15-40(19-23)31(42)45-32(2,3)4)38-39-29(21)25-14-13-24(33(34,35)36)17-28(25)43-5/h6-8,10-11,13-14,17,23H,9,12,15-16,18-20H2,1-5H3,(H,37,41)/t23-/m0/s1. The first-order chi connectivity index (χ1) is 21.2. The molecular formula is C33H39F3N4O5. The molecule has 1 saturated heterocycles. The Kier molecular flexibility index (Phi) is 10.6. The molecule has 1 aliphatic rings. The Labute approximate surface area is 261 Å². The smallest absolute Gasteiger partial charge is 0.416 e. The number of rotatable bonds is 8. The third kappa shape index (κ3) is 9.09. The van der Waals surface area contributed by atoms with E-state index in [1.54, 1.807) is 11.8 Å². The SMILES string of the molecule is COc1cc(C(F)(F)F)ccc1-c1nnc(C[C@@H]2CCCN(C(=O)OC(C)(C)C)C2)c(CNC(=O)OCc2ccccc2)c1C. The molecule has 0 aliphatic carbocycles. The number of nitrogens with one attached hydrogen (secondary N) is 1. The Balaban J connectivity index is 1.61. The number of carbonyl (C=O) groups excluding carboxylic acids is 2. The zero-order chi connectivity index (χ0) is 32.8. The van der Waals surface area contributed by atoms with Crippen LogP contribution in [0.3, 0.4) is 0 Å². The lowest BCUT2D eigenvalue weighted by molar-refractivity contribution is -0.137. The summed E-state index contributed by atoms with van der Waals surface area (Å²) < 4.78 is 56.5. The van der Waals surface area contributed by atoms with E-state index in [1.807, 2.05) is 51.1 Å². The molecule has 1 aromatic heterocycles. The van der Waals surface area contributed by atoms with Gasteiger partial charge < -0.3 is 24.4 Å². The summed E-state index contributed by atoms with van der Waals surface area (Å²) in [6.45, 7) is 8.43. The van der Waals surface area contributed by atoms with Gasteiger partial charge in [0, 0.05) is 25.2 Å². The number of piperidine rings is 1. The van der Waals surface area contributed by atoms with Crippen molar-refractivity contribution in [1.29, 1.82) is 0 Å². The highest BCUT2D eigenvalue weighted by Gasteiger charge is 2.32. The number of methoxy groups -OCH3 is 1. The lowest BCUT2D eigenvalue weighted by Gasteiger charge is -2.34. The summed E-state index contributed by atoms with van der Waals surface area (Å²) in [5.74, 6) is 0.0478. The minimum atomic E-state index is -4.54. The topological polar surface area (TPSA) is 103 Å². The van der Waals surface area contributed by atoms with Crippen LogP contribution in [0.5, 0.6) is 5.75 Å². The third-order valence-electron chi connectivity index (χ3n) is 7.49. The van der Waals surface area contributed by atoms with Gasteiger partial charge in [0.05, 0.1) is 24.1 Å². The number of ether oxygens (including phenoxy) is 3. The van der Waals surface area contributed by atoms with Gasteiger partial charge in [0.2, 0.25) is 0 Å². The molecule has 0 spiro atoms. The maximum absolute atomic E-state index is 13.4. The number of halogens is 3. The van der Waals surface area contributed by atoms with Crippen LogP contribution in [0.4, 0.5) is 22.8 Å². The van der Waals surface area contributed by atoms with Crippen LogP contribution in [0.15, 0.2) is 48.5 Å². The van der Waals surface area contributed by atoms with Crippen molar-refractivity contribution in [3.05, 3.63) is 76.5 Å². The minimum absolute atomic E-state index is 0.00330. The number of hydrogen-bond donors (Lipinski definition) is 1. The molecule has 1 aliphatic heterocycles. The minimum Gasteiger partial charge on any atom is -0.496 e. The molecule has 242 valence electrons. The summed E-state index contributed by atoms with van der Waals surface area (Å²) >= 11 is 0. The summed E-state index contributed by atoms with van der Waals surface area (Å²) in [6, 6.07) is 12.5. The molecule has 45 heavy (non-hydrogen) atoms. The zero-order valence-corrected chi connectivity index (χ0v) is 26.2. The highest BCUT2D eigenvalue weighted by atomic mass is 19.4. The fourth-order valence-corrected chi connectivity index (χ4v) is 5.25. The lowest BCUT2D eigenvalue weighted by Crippen LogP contribution is -2.43. The molecule has 4 rings (SSSR count). The first-order valence-electron chi connectivity index (χ1n) is 14.8. The van der Waals surface area contributed by atoms with Gasteiger partial charge in [-0.3, -0.25) is 0 Å². The molecule has 0 bridgehead atoms. The second-order valence-electron chi connectivity index (χ2n) is 12.1. The van der Waals surface area contributed by atoms with E-state index in [1.165, 1.54) is 13.2 Å². The molecule has 2 heterocycles. The second kappa shape index (κ2) is 14.2. The van der Waals surface area contributed by atoms with Crippen molar-refractivity contribution in [2.45, 2.75) is 71.9 Å². The van der Waals surface area contributed by atoms with Crippen LogP contribution >= 0.6 is 0 Å². The van der Waals surface area contributed by atoms with E-state index in [2.05, 4.69) is 15.5 Å². The fraction of sp³-hybridized carbons (Fsp3) is 0.455. The Bertz CT molecular complexity index is 1490. The highest BCUT2D eigenvalue weighted by Crippen LogP contribution is 2.38. The maximum atomic E-state index is 13.4. The van der Waals surface area contributed by atoms with Crippen LogP contribution in [0.2, 0.25) is 0 Å². The predicted molar refractivity (Wildman–Crippen MR) is 161 cm³/mol. The van der Waals surface area contributed by atoms with E-state index in [0.29, 0.717) is 47.6 Å². The number of amides is 2. The van der Waals surface area contributed by atoms with E-state index < -0.39 is 23.4 Å². The van der Waals surface area contributed by atoms with Gasteiger partial charge in [-0.1, -0.05) is 30.3 Å². The Morgan fingerprint density at radius 3 is 2.47 bits per heavy atom. The number of hydrogen-bond acceptors (Lipinski definition) is 7. The molecule has 1 N–H and O–H groups in total. The summed E-state index contributed by atoms with van der Waals surface area (Å²) in [5.41, 5.74) is 1.94. The Morgan fingerprint density at radius 1 is 1.07 bits per heavy atom. The number of benzene rings is 2. The molecule has 2 amide bonds. The van der Waals surface area contributed by atoms with Gasteiger partial charge in [-0.15, -0.1) is 5.10 Å². The predicted octanol–water partition coefficient (Wildman–Crippen LogP) is 7.10. The van der Waals surface area contributed by atoms with Crippen LogP contribution in [0.1, 0.15) is 61.6 Å². The molecule has 12 heteroatoms. The lowest BCUT2D eigenvalue weighted by atomic mass is 9.90. The molecule has 0 unspecified atom stereocenters. The van der Waals surface area contributed by atoms with Crippen molar-refractivity contribution in [2.24, 2.45) is 5.92 Å². The van der Waals surface area contributed by atoms with Gasteiger partial charge in [-0.2, -0.15) is 18.3 Å². The van der Waals surface area contributed by atoms with Crippen molar-refractivity contribution in [1.82, 2.24) is 20.4 Å². The molecule has 1 fully saturated rings. The largest absolute Gasteiger partial charge is 0.496 e. The first-order valence-corrected chi connectivity index (χ1v) is 14.8. The van der Waals surface area contributed by atoms with Crippen molar-refractivity contribution in [3.63, 3.8) is 0 Å². The van der Waals surface area contributed by atoms with Crippen LogP contribution in [-0.4, -0.2) is 53.1 Å². The maximum Gasteiger partial charge on any atom is 0.416 e. The van der Waals surface area contributed by atoms with E-state index in [-0.39, 0.29) is 30.9 Å². The number of alkyl carbamates (subject to hydrolysis) is 1.